The van der Waals surface area contributed by atoms with E-state index in [-0.39, 0.29) is 12.5 Å². The van der Waals surface area contributed by atoms with Gasteiger partial charge in [0, 0.05) is 16.5 Å². The standard InChI is InChI=1S/C13H17ClN2OS/c1-10(14)8-16(2)9-13(17)15-11-6-4-5-7-12(11)18-3/h4-7H,1,8-9H2,2-3H3,(H,15,17). The number of likely N-dealkylation sites (N-methyl/N-ethyl adjacent to an activating group) is 1. The van der Waals surface area contributed by atoms with E-state index in [4.69, 9.17) is 11.6 Å². The Morgan fingerprint density at radius 2 is 2.11 bits per heavy atom. The van der Waals surface area contributed by atoms with Crippen LogP contribution in [-0.2, 0) is 4.79 Å². The van der Waals surface area contributed by atoms with Gasteiger partial charge in [-0.25, -0.2) is 0 Å². The number of hydrogen-bond donors (Lipinski definition) is 1. The third-order valence-corrected chi connectivity index (χ3v) is 3.15. The second-order valence-electron chi connectivity index (χ2n) is 3.94. The van der Waals surface area contributed by atoms with Crippen LogP contribution in [0.5, 0.6) is 0 Å². The van der Waals surface area contributed by atoms with Gasteiger partial charge in [0.15, 0.2) is 0 Å². The number of nitrogens with zero attached hydrogens (tertiary/aromatic N) is 1. The summed E-state index contributed by atoms with van der Waals surface area (Å²) >= 11 is 7.30. The van der Waals surface area contributed by atoms with Gasteiger partial charge in [-0.1, -0.05) is 30.3 Å². The second-order valence-corrected chi connectivity index (χ2v) is 5.32. The van der Waals surface area contributed by atoms with Crippen LogP contribution in [0.15, 0.2) is 40.8 Å². The molecule has 0 radical (unpaired) electrons. The van der Waals surface area contributed by atoms with Crippen molar-refractivity contribution in [3.63, 3.8) is 0 Å². The molecule has 1 N–H and O–H groups in total. The Kier molecular flexibility index (Phi) is 6.25. The molecule has 0 aliphatic carbocycles. The lowest BCUT2D eigenvalue weighted by atomic mass is 10.3. The number of carbonyl (C=O) groups is 1. The van der Waals surface area contributed by atoms with E-state index in [0.717, 1.165) is 10.6 Å². The highest BCUT2D eigenvalue weighted by molar-refractivity contribution is 7.98. The molecule has 0 heterocycles. The molecule has 1 aromatic rings. The first kappa shape index (κ1) is 15.1. The van der Waals surface area contributed by atoms with Gasteiger partial charge in [-0.05, 0) is 25.4 Å². The fourth-order valence-electron chi connectivity index (χ4n) is 1.53. The predicted molar refractivity (Wildman–Crippen MR) is 79.3 cm³/mol. The van der Waals surface area contributed by atoms with Crippen LogP contribution in [0.25, 0.3) is 0 Å². The van der Waals surface area contributed by atoms with Crippen molar-refractivity contribution in [2.24, 2.45) is 0 Å². The van der Waals surface area contributed by atoms with Crippen LogP contribution in [0, 0.1) is 0 Å². The fraction of sp³-hybridized carbons (Fsp3) is 0.308. The van der Waals surface area contributed by atoms with Crippen molar-refractivity contribution in [2.45, 2.75) is 4.90 Å². The normalized spacial score (nSPS) is 10.4. The third-order valence-electron chi connectivity index (χ3n) is 2.24. The van der Waals surface area contributed by atoms with Crippen molar-refractivity contribution in [3.05, 3.63) is 35.9 Å². The first-order valence-corrected chi connectivity index (χ1v) is 7.08. The molecular weight excluding hydrogens is 268 g/mol. The lowest BCUT2D eigenvalue weighted by Gasteiger charge is -2.16. The van der Waals surface area contributed by atoms with Gasteiger partial charge in [-0.15, -0.1) is 11.8 Å². The molecular formula is C13H17ClN2OS. The minimum atomic E-state index is -0.0584. The van der Waals surface area contributed by atoms with E-state index >= 15 is 0 Å². The SMILES string of the molecule is C=C(Cl)CN(C)CC(=O)Nc1ccccc1SC. The van der Waals surface area contributed by atoms with Crippen molar-refractivity contribution >= 4 is 35.0 Å². The number of hydrogen-bond acceptors (Lipinski definition) is 3. The maximum absolute atomic E-state index is 11.8. The molecule has 3 nitrogen and oxygen atoms in total. The van der Waals surface area contributed by atoms with Gasteiger partial charge in [0.25, 0.3) is 0 Å². The minimum absolute atomic E-state index is 0.0584. The van der Waals surface area contributed by atoms with E-state index < -0.39 is 0 Å². The summed E-state index contributed by atoms with van der Waals surface area (Å²) in [5.41, 5.74) is 0.841. The zero-order chi connectivity index (χ0) is 13.5. The molecule has 1 rings (SSSR count). The number of rotatable bonds is 6. The van der Waals surface area contributed by atoms with E-state index in [2.05, 4.69) is 11.9 Å². The summed E-state index contributed by atoms with van der Waals surface area (Å²) in [6.07, 6.45) is 1.98. The monoisotopic (exact) mass is 284 g/mol. The predicted octanol–water partition coefficient (Wildman–Crippen LogP) is 3.03. The number of anilines is 1. The highest BCUT2D eigenvalue weighted by Gasteiger charge is 2.09. The molecule has 1 aromatic carbocycles. The number of para-hydroxylation sites is 1. The first-order chi connectivity index (χ1) is 8.52. The summed E-state index contributed by atoms with van der Waals surface area (Å²) in [5.74, 6) is -0.0584. The van der Waals surface area contributed by atoms with Crippen LogP contribution in [0.4, 0.5) is 5.69 Å². The molecule has 0 aliphatic rings. The molecule has 0 spiro atoms. The van der Waals surface area contributed by atoms with Crippen LogP contribution in [0.3, 0.4) is 0 Å². The van der Waals surface area contributed by atoms with E-state index in [1.54, 1.807) is 11.8 Å². The van der Waals surface area contributed by atoms with Crippen molar-refractivity contribution in [3.8, 4) is 0 Å². The molecule has 98 valence electrons. The van der Waals surface area contributed by atoms with Crippen LogP contribution in [0.1, 0.15) is 0 Å². The molecule has 0 bridgehead atoms. The summed E-state index contributed by atoms with van der Waals surface area (Å²) in [7, 11) is 1.83. The van der Waals surface area contributed by atoms with Crippen molar-refractivity contribution in [1.29, 1.82) is 0 Å². The molecule has 0 fully saturated rings. The maximum Gasteiger partial charge on any atom is 0.238 e. The Hall–Kier alpha value is -0.970. The third kappa shape index (κ3) is 5.12. The summed E-state index contributed by atoms with van der Waals surface area (Å²) in [6.45, 7) is 4.39. The van der Waals surface area contributed by atoms with Gasteiger partial charge in [0.2, 0.25) is 5.91 Å². The number of carbonyl (C=O) groups excluding carboxylic acids is 1. The maximum atomic E-state index is 11.8. The highest BCUT2D eigenvalue weighted by atomic mass is 35.5. The van der Waals surface area contributed by atoms with Crippen molar-refractivity contribution in [1.82, 2.24) is 4.90 Å². The Balaban J connectivity index is 2.56. The number of halogens is 1. The minimum Gasteiger partial charge on any atom is -0.324 e. The smallest absolute Gasteiger partial charge is 0.238 e. The summed E-state index contributed by atoms with van der Waals surface area (Å²) in [4.78, 5) is 14.7. The molecule has 0 saturated heterocycles. The summed E-state index contributed by atoms with van der Waals surface area (Å²) in [6, 6.07) is 7.72. The molecule has 0 aromatic heterocycles. The van der Waals surface area contributed by atoms with Crippen molar-refractivity contribution < 1.29 is 4.79 Å². The van der Waals surface area contributed by atoms with Crippen molar-refractivity contribution in [2.75, 3.05) is 31.7 Å². The lowest BCUT2D eigenvalue weighted by Crippen LogP contribution is -2.31. The van der Waals surface area contributed by atoms with Crippen LogP contribution in [0.2, 0.25) is 0 Å². The second kappa shape index (κ2) is 7.46. The Morgan fingerprint density at radius 3 is 2.72 bits per heavy atom. The highest BCUT2D eigenvalue weighted by Crippen LogP contribution is 2.24. The van der Waals surface area contributed by atoms with Gasteiger partial charge in [-0.2, -0.15) is 0 Å². The van der Waals surface area contributed by atoms with Crippen LogP contribution >= 0.6 is 23.4 Å². The topological polar surface area (TPSA) is 32.3 Å². The van der Waals surface area contributed by atoms with Crippen LogP contribution < -0.4 is 5.32 Å². The molecule has 1 amide bonds. The Morgan fingerprint density at radius 1 is 1.44 bits per heavy atom. The molecule has 0 unspecified atom stereocenters. The van der Waals surface area contributed by atoms with Gasteiger partial charge in [-0.3, -0.25) is 9.69 Å². The van der Waals surface area contributed by atoms with Crippen LogP contribution in [-0.4, -0.2) is 37.2 Å². The quantitative estimate of drug-likeness (QED) is 0.815. The number of amides is 1. The van der Waals surface area contributed by atoms with E-state index in [0.29, 0.717) is 11.6 Å². The van der Waals surface area contributed by atoms with E-state index in [1.165, 1.54) is 0 Å². The average molecular weight is 285 g/mol. The first-order valence-electron chi connectivity index (χ1n) is 5.47. The lowest BCUT2D eigenvalue weighted by molar-refractivity contribution is -0.116. The average Bonchev–Trinajstić information content (AvgIpc) is 2.28. The number of benzene rings is 1. The van der Waals surface area contributed by atoms with Gasteiger partial charge < -0.3 is 5.32 Å². The Bertz CT molecular complexity index is 437. The van der Waals surface area contributed by atoms with Gasteiger partial charge >= 0.3 is 0 Å². The molecule has 0 aliphatic heterocycles. The fourth-order valence-corrected chi connectivity index (χ4v) is 2.29. The molecule has 18 heavy (non-hydrogen) atoms. The number of nitrogens with one attached hydrogen (secondary N) is 1. The Labute approximate surface area is 117 Å². The molecule has 0 atom stereocenters. The summed E-state index contributed by atoms with van der Waals surface area (Å²) < 4.78 is 0. The van der Waals surface area contributed by atoms with Gasteiger partial charge in [0.1, 0.15) is 0 Å². The largest absolute Gasteiger partial charge is 0.324 e. The van der Waals surface area contributed by atoms with E-state index in [1.807, 2.05) is 42.5 Å². The molecule has 0 saturated carbocycles. The zero-order valence-electron chi connectivity index (χ0n) is 10.6. The summed E-state index contributed by atoms with van der Waals surface area (Å²) in [5, 5.41) is 3.41. The molecule has 5 heteroatoms. The zero-order valence-corrected chi connectivity index (χ0v) is 12.1. The van der Waals surface area contributed by atoms with E-state index in [9.17, 15) is 4.79 Å². The number of thioether (sulfide) groups is 1. The van der Waals surface area contributed by atoms with Gasteiger partial charge in [0.05, 0.1) is 12.2 Å².